The SMILES string of the molecule is CC/C=C\C/C=C\C/C=C\C/C=C\C/C=C\C/C=C\C/C=C\C/C=C\C/C=C\CCCCCC(=O)NC(COC1OC(CO)C(O)C(O)C1O)C(O)CCCCCCCCCCCCCCCCCCCC. The van der Waals surface area contributed by atoms with Crippen molar-refractivity contribution in [1.29, 1.82) is 0 Å². The molecule has 1 rings (SSSR count). The van der Waals surface area contributed by atoms with E-state index in [1.54, 1.807) is 0 Å². The fourth-order valence-electron chi connectivity index (χ4n) is 8.56. The fraction of sp³-hybridized carbons (Fsp3) is 0.698. The molecule has 1 saturated heterocycles. The first-order chi connectivity index (χ1) is 35.3. The van der Waals surface area contributed by atoms with Gasteiger partial charge in [0.1, 0.15) is 24.4 Å². The van der Waals surface area contributed by atoms with E-state index in [9.17, 15) is 30.3 Å². The first kappa shape index (κ1) is 66.9. The molecule has 0 bridgehead atoms. The van der Waals surface area contributed by atoms with Crippen molar-refractivity contribution >= 4 is 5.91 Å². The number of ether oxygens (including phenoxy) is 2. The average molecular weight is 1010 g/mol. The molecule has 0 aromatic carbocycles. The smallest absolute Gasteiger partial charge is 0.220 e. The zero-order valence-corrected chi connectivity index (χ0v) is 45.6. The lowest BCUT2D eigenvalue weighted by Gasteiger charge is -2.40. The van der Waals surface area contributed by atoms with Gasteiger partial charge in [0, 0.05) is 6.42 Å². The molecule has 1 amide bonds. The summed E-state index contributed by atoms with van der Waals surface area (Å²) < 4.78 is 11.3. The van der Waals surface area contributed by atoms with Crippen LogP contribution in [0.25, 0.3) is 0 Å². The van der Waals surface area contributed by atoms with Gasteiger partial charge in [0.15, 0.2) is 6.29 Å². The summed E-state index contributed by atoms with van der Waals surface area (Å²) in [5.41, 5.74) is 0. The standard InChI is InChI=1S/C63H107NO8/c1-3-5-7-9-11-13-15-17-19-21-23-24-25-26-27-28-29-30-31-32-33-34-35-37-39-41-43-45-47-49-51-53-59(67)64-56(55-71-63-62(70)61(69)60(68)58(54-65)72-63)57(66)52-50-48-46-44-42-40-38-36-22-20-18-16-14-12-10-8-6-4-2/h5,7,11,13,17,19,23-24,26-27,29-30,32-33,35,37,41,43,56-58,60-63,65-66,68-70H,3-4,6,8-10,12,14-16,18,20-22,25,28,31,34,36,38-40,42,44-55H2,1-2H3,(H,64,67)/b7-5-,13-11-,19-17-,24-23-,27-26-,30-29-,33-32-,37-35-,43-41-. The number of hydrogen-bond acceptors (Lipinski definition) is 8. The number of hydrogen-bond donors (Lipinski definition) is 6. The summed E-state index contributed by atoms with van der Waals surface area (Å²) in [6, 6.07) is -0.746. The van der Waals surface area contributed by atoms with Crippen molar-refractivity contribution in [2.75, 3.05) is 13.2 Å². The van der Waals surface area contributed by atoms with Crippen LogP contribution in [-0.4, -0.2) is 87.5 Å². The first-order valence-electron chi connectivity index (χ1n) is 29.1. The van der Waals surface area contributed by atoms with Crippen LogP contribution in [0.4, 0.5) is 0 Å². The summed E-state index contributed by atoms with van der Waals surface area (Å²) in [5.74, 6) is -0.179. The predicted octanol–water partition coefficient (Wildman–Crippen LogP) is 14.6. The molecule has 9 heteroatoms. The second-order valence-corrected chi connectivity index (χ2v) is 19.7. The third-order valence-corrected chi connectivity index (χ3v) is 13.1. The largest absolute Gasteiger partial charge is 0.394 e. The Morgan fingerprint density at radius 2 is 0.861 bits per heavy atom. The minimum atomic E-state index is -1.57. The van der Waals surface area contributed by atoms with Crippen molar-refractivity contribution in [3.63, 3.8) is 0 Å². The number of amides is 1. The van der Waals surface area contributed by atoms with E-state index < -0.39 is 49.5 Å². The minimum absolute atomic E-state index is 0.158. The molecular formula is C63H107NO8. The van der Waals surface area contributed by atoms with Gasteiger partial charge in [0.05, 0.1) is 25.4 Å². The van der Waals surface area contributed by atoms with Gasteiger partial charge in [-0.15, -0.1) is 0 Å². The van der Waals surface area contributed by atoms with Gasteiger partial charge in [-0.05, 0) is 83.5 Å². The van der Waals surface area contributed by atoms with E-state index in [-0.39, 0.29) is 12.5 Å². The first-order valence-corrected chi connectivity index (χ1v) is 29.1. The lowest BCUT2D eigenvalue weighted by Crippen LogP contribution is -2.60. The summed E-state index contributed by atoms with van der Waals surface area (Å²) in [7, 11) is 0. The Balaban J connectivity index is 2.26. The molecule has 0 saturated carbocycles. The quantitative estimate of drug-likeness (QED) is 0.0261. The molecule has 0 aliphatic carbocycles. The summed E-state index contributed by atoms with van der Waals surface area (Å²) in [6.07, 6.45) is 68.2. The molecule has 412 valence electrons. The molecule has 9 nitrogen and oxygen atoms in total. The highest BCUT2D eigenvalue weighted by molar-refractivity contribution is 5.76. The highest BCUT2D eigenvalue weighted by atomic mass is 16.7. The molecule has 0 aromatic heterocycles. The van der Waals surface area contributed by atoms with Crippen molar-refractivity contribution in [3.8, 4) is 0 Å². The monoisotopic (exact) mass is 1010 g/mol. The number of carbonyl (C=O) groups is 1. The van der Waals surface area contributed by atoms with Gasteiger partial charge >= 0.3 is 0 Å². The lowest BCUT2D eigenvalue weighted by atomic mass is 9.99. The topological polar surface area (TPSA) is 149 Å². The van der Waals surface area contributed by atoms with Gasteiger partial charge in [0.25, 0.3) is 0 Å². The summed E-state index contributed by atoms with van der Waals surface area (Å²) >= 11 is 0. The van der Waals surface area contributed by atoms with Gasteiger partial charge in [-0.3, -0.25) is 4.79 Å². The van der Waals surface area contributed by atoms with E-state index in [0.717, 1.165) is 103 Å². The number of rotatable bonds is 48. The fourth-order valence-corrected chi connectivity index (χ4v) is 8.56. The molecule has 0 aromatic rings. The number of carbonyl (C=O) groups excluding carboxylic acids is 1. The van der Waals surface area contributed by atoms with E-state index in [1.165, 1.54) is 96.3 Å². The van der Waals surface area contributed by atoms with E-state index in [4.69, 9.17) is 9.47 Å². The van der Waals surface area contributed by atoms with Crippen LogP contribution in [0.1, 0.15) is 226 Å². The van der Waals surface area contributed by atoms with E-state index >= 15 is 0 Å². The predicted molar refractivity (Wildman–Crippen MR) is 304 cm³/mol. The molecule has 72 heavy (non-hydrogen) atoms. The highest BCUT2D eigenvalue weighted by Gasteiger charge is 2.44. The van der Waals surface area contributed by atoms with Crippen LogP contribution in [0.5, 0.6) is 0 Å². The number of aliphatic hydroxyl groups excluding tert-OH is 5. The third-order valence-electron chi connectivity index (χ3n) is 13.1. The summed E-state index contributed by atoms with van der Waals surface area (Å²) in [6.45, 7) is 3.71. The third kappa shape index (κ3) is 40.3. The van der Waals surface area contributed by atoms with Crippen LogP contribution in [0.3, 0.4) is 0 Å². The molecule has 1 fully saturated rings. The van der Waals surface area contributed by atoms with Crippen molar-refractivity contribution < 1.29 is 39.8 Å². The summed E-state index contributed by atoms with van der Waals surface area (Å²) in [5, 5.41) is 54.6. The Hall–Kier alpha value is -3.15. The van der Waals surface area contributed by atoms with Crippen molar-refractivity contribution in [2.24, 2.45) is 0 Å². The highest BCUT2D eigenvalue weighted by Crippen LogP contribution is 2.23. The van der Waals surface area contributed by atoms with E-state index in [1.807, 2.05) is 0 Å². The van der Waals surface area contributed by atoms with Crippen LogP contribution >= 0.6 is 0 Å². The molecule has 1 aliphatic heterocycles. The molecule has 0 radical (unpaired) electrons. The Bertz CT molecular complexity index is 1490. The summed E-state index contributed by atoms with van der Waals surface area (Å²) in [4.78, 5) is 13.1. The van der Waals surface area contributed by atoms with Gasteiger partial charge in [0.2, 0.25) is 5.91 Å². The molecule has 7 unspecified atom stereocenters. The maximum Gasteiger partial charge on any atom is 0.220 e. The van der Waals surface area contributed by atoms with Crippen LogP contribution in [0.15, 0.2) is 109 Å². The lowest BCUT2D eigenvalue weighted by molar-refractivity contribution is -0.302. The Kier molecular flexibility index (Phi) is 47.7. The number of unbranched alkanes of at least 4 members (excludes halogenated alkanes) is 20. The Morgan fingerprint density at radius 3 is 1.26 bits per heavy atom. The molecule has 6 N–H and O–H groups in total. The van der Waals surface area contributed by atoms with Crippen LogP contribution in [0.2, 0.25) is 0 Å². The van der Waals surface area contributed by atoms with Crippen molar-refractivity contribution in [2.45, 2.75) is 269 Å². The number of aliphatic hydroxyl groups is 5. The van der Waals surface area contributed by atoms with Crippen LogP contribution in [-0.2, 0) is 14.3 Å². The Labute approximate surface area is 440 Å². The van der Waals surface area contributed by atoms with E-state index in [0.29, 0.717) is 12.8 Å². The van der Waals surface area contributed by atoms with Gasteiger partial charge in [-0.1, -0.05) is 245 Å². The molecule has 1 aliphatic rings. The average Bonchev–Trinajstić information content (AvgIpc) is 3.38. The zero-order chi connectivity index (χ0) is 52.2. The number of nitrogens with one attached hydrogen (secondary N) is 1. The molecule has 1 heterocycles. The molecule has 7 atom stereocenters. The van der Waals surface area contributed by atoms with Gasteiger partial charge in [-0.25, -0.2) is 0 Å². The molecule has 0 spiro atoms. The number of allylic oxidation sites excluding steroid dienone is 18. The van der Waals surface area contributed by atoms with Crippen LogP contribution in [0, 0.1) is 0 Å². The van der Waals surface area contributed by atoms with Crippen molar-refractivity contribution in [3.05, 3.63) is 109 Å². The maximum atomic E-state index is 13.1. The van der Waals surface area contributed by atoms with Crippen molar-refractivity contribution in [1.82, 2.24) is 5.32 Å². The zero-order valence-electron chi connectivity index (χ0n) is 45.6. The second kappa shape index (κ2) is 51.3. The normalized spacial score (nSPS) is 20.0. The second-order valence-electron chi connectivity index (χ2n) is 19.7. The van der Waals surface area contributed by atoms with Crippen LogP contribution < -0.4 is 5.32 Å². The van der Waals surface area contributed by atoms with Gasteiger partial charge in [-0.2, -0.15) is 0 Å². The minimum Gasteiger partial charge on any atom is -0.394 e. The van der Waals surface area contributed by atoms with Gasteiger partial charge < -0.3 is 40.3 Å². The van der Waals surface area contributed by atoms with E-state index in [2.05, 4.69) is 129 Å². The maximum absolute atomic E-state index is 13.1. The molecular weight excluding hydrogens is 899 g/mol. The Morgan fingerprint density at radius 1 is 0.486 bits per heavy atom.